The minimum atomic E-state index is -1.06. The predicted molar refractivity (Wildman–Crippen MR) is 142 cm³/mol. The highest BCUT2D eigenvalue weighted by Gasteiger charge is 2.48. The molecule has 194 valence electrons. The first kappa shape index (κ1) is 25.3. The molecule has 2 aliphatic heterocycles. The maximum Gasteiger partial charge on any atom is 0.277 e. The van der Waals surface area contributed by atoms with E-state index in [4.69, 9.17) is 0 Å². The lowest BCUT2D eigenvalue weighted by Gasteiger charge is -2.31. The van der Waals surface area contributed by atoms with E-state index in [9.17, 15) is 14.7 Å². The number of carbonyl (C=O) groups excluding carboxylic acids is 2. The van der Waals surface area contributed by atoms with Crippen molar-refractivity contribution in [3.63, 3.8) is 0 Å². The number of rotatable bonds is 6. The van der Waals surface area contributed by atoms with Crippen LogP contribution in [0.3, 0.4) is 0 Å². The summed E-state index contributed by atoms with van der Waals surface area (Å²) in [6.07, 6.45) is 3.20. The molecule has 0 saturated carbocycles. The second-order valence-electron chi connectivity index (χ2n) is 10.5. The van der Waals surface area contributed by atoms with E-state index in [1.54, 1.807) is 27.1 Å². The van der Waals surface area contributed by atoms with Crippen molar-refractivity contribution in [2.75, 3.05) is 6.54 Å². The molecule has 0 aliphatic carbocycles. The third-order valence-electron chi connectivity index (χ3n) is 7.39. The molecule has 2 aromatic heterocycles. The van der Waals surface area contributed by atoms with Gasteiger partial charge in [0.2, 0.25) is 5.91 Å². The topological polar surface area (TPSA) is 113 Å². The SMILES string of the molecule is Cc1ncsc1-c1ccc([C@]2(C)NC([C@H]3C[C@@H](O)CN3C(=O)[C@H](c3cnn(C)c3)C(C)C)=NC2=O)cc1. The Kier molecular flexibility index (Phi) is 6.49. The molecule has 5 rings (SSSR count). The Balaban J connectivity index is 1.39. The summed E-state index contributed by atoms with van der Waals surface area (Å²) < 4.78 is 1.68. The van der Waals surface area contributed by atoms with Crippen LogP contribution in [-0.4, -0.2) is 61.1 Å². The first-order chi connectivity index (χ1) is 17.6. The van der Waals surface area contributed by atoms with Gasteiger partial charge in [0.25, 0.3) is 5.91 Å². The lowest BCUT2D eigenvalue weighted by atomic mass is 9.88. The fraction of sp³-hybridized carbons (Fsp3) is 0.444. The lowest BCUT2D eigenvalue weighted by Crippen LogP contribution is -2.51. The van der Waals surface area contributed by atoms with Gasteiger partial charge in [0.05, 0.1) is 40.3 Å². The number of aryl methyl sites for hydroxylation is 2. The summed E-state index contributed by atoms with van der Waals surface area (Å²) in [4.78, 5) is 38.5. The molecule has 1 saturated heterocycles. The Morgan fingerprint density at radius 3 is 2.59 bits per heavy atom. The normalized spacial score (nSPS) is 24.5. The van der Waals surface area contributed by atoms with Gasteiger partial charge < -0.3 is 15.3 Å². The van der Waals surface area contributed by atoms with E-state index in [-0.39, 0.29) is 24.3 Å². The number of aliphatic hydroxyl groups excluding tert-OH is 1. The number of thiazole rings is 1. The minimum Gasteiger partial charge on any atom is -0.391 e. The molecule has 10 heteroatoms. The second-order valence-corrected chi connectivity index (χ2v) is 11.3. The van der Waals surface area contributed by atoms with E-state index < -0.39 is 23.6 Å². The maximum atomic E-state index is 13.8. The third kappa shape index (κ3) is 4.48. The molecule has 2 amide bonds. The fourth-order valence-electron chi connectivity index (χ4n) is 5.35. The number of aliphatic hydroxyl groups is 1. The van der Waals surface area contributed by atoms with E-state index in [1.807, 2.05) is 70.7 Å². The number of amides is 2. The number of hydrogen-bond donors (Lipinski definition) is 2. The average Bonchev–Trinajstić information content (AvgIpc) is 3.62. The van der Waals surface area contributed by atoms with Gasteiger partial charge in [0.15, 0.2) is 0 Å². The number of aromatic nitrogens is 3. The van der Waals surface area contributed by atoms with Crippen LogP contribution in [0.25, 0.3) is 10.4 Å². The zero-order chi connectivity index (χ0) is 26.5. The Labute approximate surface area is 220 Å². The van der Waals surface area contributed by atoms with E-state index >= 15 is 0 Å². The number of β-amino-alcohol motifs (C(OH)–C–C–N with tert-alkyl or cyclic N) is 1. The third-order valence-corrected chi connectivity index (χ3v) is 8.37. The van der Waals surface area contributed by atoms with Gasteiger partial charge in [-0.1, -0.05) is 38.1 Å². The Morgan fingerprint density at radius 2 is 2.00 bits per heavy atom. The van der Waals surface area contributed by atoms with Crippen LogP contribution in [0.15, 0.2) is 47.2 Å². The Morgan fingerprint density at radius 1 is 1.27 bits per heavy atom. The number of hydrogen-bond acceptors (Lipinski definition) is 7. The van der Waals surface area contributed by atoms with Crippen LogP contribution >= 0.6 is 11.3 Å². The van der Waals surface area contributed by atoms with Crippen molar-refractivity contribution in [3.05, 3.63) is 59.0 Å². The van der Waals surface area contributed by atoms with Crippen LogP contribution in [-0.2, 0) is 22.2 Å². The van der Waals surface area contributed by atoms with Gasteiger partial charge in [-0.25, -0.2) is 4.98 Å². The van der Waals surface area contributed by atoms with E-state index in [0.717, 1.165) is 27.3 Å². The van der Waals surface area contributed by atoms with Crippen molar-refractivity contribution in [2.24, 2.45) is 18.0 Å². The van der Waals surface area contributed by atoms with Gasteiger partial charge in [-0.2, -0.15) is 10.1 Å². The van der Waals surface area contributed by atoms with Crippen LogP contribution < -0.4 is 5.32 Å². The summed E-state index contributed by atoms with van der Waals surface area (Å²) in [5.41, 5.74) is 4.41. The van der Waals surface area contributed by atoms with Crippen molar-refractivity contribution < 1.29 is 14.7 Å². The molecule has 4 atom stereocenters. The first-order valence-electron chi connectivity index (χ1n) is 12.5. The van der Waals surface area contributed by atoms with E-state index in [0.29, 0.717) is 12.3 Å². The van der Waals surface area contributed by atoms with E-state index in [2.05, 4.69) is 20.4 Å². The summed E-state index contributed by atoms with van der Waals surface area (Å²) >= 11 is 1.58. The van der Waals surface area contributed by atoms with Gasteiger partial charge in [-0.3, -0.25) is 14.3 Å². The molecule has 2 N–H and O–H groups in total. The highest BCUT2D eigenvalue weighted by Crippen LogP contribution is 2.35. The number of benzene rings is 1. The highest BCUT2D eigenvalue weighted by molar-refractivity contribution is 7.13. The van der Waals surface area contributed by atoms with Crippen LogP contribution in [0.5, 0.6) is 0 Å². The average molecular weight is 521 g/mol. The van der Waals surface area contributed by atoms with Crippen molar-refractivity contribution in [3.8, 4) is 10.4 Å². The molecule has 1 aromatic carbocycles. The zero-order valence-corrected chi connectivity index (χ0v) is 22.5. The predicted octanol–water partition coefficient (Wildman–Crippen LogP) is 3.00. The highest BCUT2D eigenvalue weighted by atomic mass is 32.1. The number of nitrogens with zero attached hydrogens (tertiary/aromatic N) is 5. The van der Waals surface area contributed by atoms with Gasteiger partial charge in [-0.15, -0.1) is 11.3 Å². The molecule has 0 spiro atoms. The summed E-state index contributed by atoms with van der Waals surface area (Å²) in [6, 6.07) is 7.34. The van der Waals surface area contributed by atoms with Crippen LogP contribution in [0.2, 0.25) is 0 Å². The minimum absolute atomic E-state index is 0.0289. The van der Waals surface area contributed by atoms with Gasteiger partial charge in [0, 0.05) is 31.8 Å². The summed E-state index contributed by atoms with van der Waals surface area (Å²) in [5, 5.41) is 18.1. The monoisotopic (exact) mass is 520 g/mol. The molecule has 0 unspecified atom stereocenters. The summed E-state index contributed by atoms with van der Waals surface area (Å²) in [7, 11) is 1.82. The summed E-state index contributed by atoms with van der Waals surface area (Å²) in [6.45, 7) is 7.98. The Bertz CT molecular complexity index is 1360. The van der Waals surface area contributed by atoms with Crippen LogP contribution in [0.4, 0.5) is 0 Å². The maximum absolute atomic E-state index is 13.8. The molecule has 37 heavy (non-hydrogen) atoms. The van der Waals surface area contributed by atoms with Crippen LogP contribution in [0, 0.1) is 12.8 Å². The number of likely N-dealkylation sites (tertiary alicyclic amines) is 1. The quantitative estimate of drug-likeness (QED) is 0.517. The zero-order valence-electron chi connectivity index (χ0n) is 21.7. The standard InChI is InChI=1S/C27H32N6O3S/c1-15(2)22(18-11-29-32(5)12-18)25(35)33-13-20(34)10-21(33)24-30-26(36)27(4,31-24)19-8-6-17(7-9-19)23-16(3)28-14-37-23/h6-9,11-12,14-15,20-22,34H,10,13H2,1-5H3,(H,30,31,36)/t20-,21-,22+,27+/m1/s1. The van der Waals surface area contributed by atoms with Crippen molar-refractivity contribution in [2.45, 2.75) is 57.7 Å². The molecule has 2 aliphatic rings. The molecule has 9 nitrogen and oxygen atoms in total. The molecule has 1 fully saturated rings. The number of nitrogens with one attached hydrogen (secondary N) is 1. The lowest BCUT2D eigenvalue weighted by molar-refractivity contribution is -0.134. The molecular formula is C27H32N6O3S. The first-order valence-corrected chi connectivity index (χ1v) is 13.4. The second kappa shape index (κ2) is 9.50. The van der Waals surface area contributed by atoms with Crippen molar-refractivity contribution >= 4 is 29.0 Å². The van der Waals surface area contributed by atoms with Gasteiger partial charge in [0.1, 0.15) is 11.4 Å². The Hall–Kier alpha value is -3.37. The van der Waals surface area contributed by atoms with Crippen molar-refractivity contribution in [1.29, 1.82) is 0 Å². The number of aliphatic imine (C=N–C) groups is 1. The largest absolute Gasteiger partial charge is 0.391 e. The molecule has 4 heterocycles. The fourth-order valence-corrected chi connectivity index (χ4v) is 6.17. The number of carbonyl (C=O) groups is 2. The van der Waals surface area contributed by atoms with Crippen LogP contribution in [0.1, 0.15) is 49.9 Å². The molecular weight excluding hydrogens is 488 g/mol. The molecule has 3 aromatic rings. The van der Waals surface area contributed by atoms with Crippen molar-refractivity contribution in [1.82, 2.24) is 25.0 Å². The molecule has 0 bridgehead atoms. The molecule has 0 radical (unpaired) electrons. The van der Waals surface area contributed by atoms with E-state index in [1.165, 1.54) is 0 Å². The van der Waals surface area contributed by atoms with Gasteiger partial charge in [-0.05, 0) is 30.9 Å². The van der Waals surface area contributed by atoms with Gasteiger partial charge >= 0.3 is 0 Å². The number of amidine groups is 1. The summed E-state index contributed by atoms with van der Waals surface area (Å²) in [5.74, 6) is -0.368. The smallest absolute Gasteiger partial charge is 0.277 e.